The van der Waals surface area contributed by atoms with Gasteiger partial charge >= 0.3 is 0 Å². The van der Waals surface area contributed by atoms with Gasteiger partial charge in [-0.25, -0.2) is 13.4 Å². The monoisotopic (exact) mass is 341 g/mol. The SMILES string of the molecule is Cn1cnc(S(=O)(=O)N2CCOC3CCC2C3OCC2CC2)c1. The Kier molecular flexibility index (Phi) is 3.95. The molecule has 4 rings (SSSR count). The summed E-state index contributed by atoms with van der Waals surface area (Å²) < 4.78 is 41.1. The third kappa shape index (κ3) is 2.93. The number of imidazole rings is 1. The Morgan fingerprint density at radius 2 is 2.17 bits per heavy atom. The summed E-state index contributed by atoms with van der Waals surface area (Å²) in [6.07, 6.45) is 7.00. The van der Waals surface area contributed by atoms with Gasteiger partial charge in [0, 0.05) is 26.4 Å². The number of ether oxygens (including phenoxy) is 2. The molecule has 8 heteroatoms. The number of hydrogen-bond donors (Lipinski definition) is 0. The maximum Gasteiger partial charge on any atom is 0.262 e. The van der Waals surface area contributed by atoms with Crippen molar-refractivity contribution in [1.29, 1.82) is 0 Å². The van der Waals surface area contributed by atoms with Crippen molar-refractivity contribution >= 4 is 10.0 Å². The molecule has 2 saturated carbocycles. The van der Waals surface area contributed by atoms with Gasteiger partial charge in [-0.2, -0.15) is 4.31 Å². The summed E-state index contributed by atoms with van der Waals surface area (Å²) in [7, 11) is -1.85. The fourth-order valence-corrected chi connectivity index (χ4v) is 5.16. The van der Waals surface area contributed by atoms with Crippen molar-refractivity contribution < 1.29 is 17.9 Å². The van der Waals surface area contributed by atoms with Crippen LogP contribution in [-0.4, -0.2) is 60.3 Å². The Bertz CT molecular complexity index is 670. The molecular formula is C15H23N3O4S. The first-order valence-corrected chi connectivity index (χ1v) is 9.73. The van der Waals surface area contributed by atoms with Crippen LogP contribution >= 0.6 is 0 Å². The van der Waals surface area contributed by atoms with Gasteiger partial charge in [0.25, 0.3) is 10.0 Å². The molecule has 0 aromatic carbocycles. The Morgan fingerprint density at radius 3 is 2.87 bits per heavy atom. The lowest BCUT2D eigenvalue weighted by Gasteiger charge is -2.29. The molecule has 1 aliphatic heterocycles. The van der Waals surface area contributed by atoms with Gasteiger partial charge in [-0.1, -0.05) is 0 Å². The lowest BCUT2D eigenvalue weighted by molar-refractivity contribution is -0.0542. The van der Waals surface area contributed by atoms with E-state index in [9.17, 15) is 8.42 Å². The zero-order chi connectivity index (χ0) is 16.0. The quantitative estimate of drug-likeness (QED) is 0.791. The molecule has 3 aliphatic rings. The number of nitrogens with zero attached hydrogens (tertiary/aromatic N) is 3. The highest BCUT2D eigenvalue weighted by Crippen LogP contribution is 2.37. The summed E-state index contributed by atoms with van der Waals surface area (Å²) in [5, 5.41) is 0.103. The maximum absolute atomic E-state index is 13.0. The van der Waals surface area contributed by atoms with Crippen LogP contribution < -0.4 is 0 Å². The van der Waals surface area contributed by atoms with Crippen molar-refractivity contribution in [1.82, 2.24) is 13.9 Å². The standard InChI is InChI=1S/C15H23N3O4S/c1-17-8-14(16-10-17)23(19,20)18-6-7-21-13-5-4-12(18)15(13)22-9-11-2-3-11/h8,10-13,15H,2-7,9H2,1H3. The third-order valence-electron chi connectivity index (χ3n) is 4.98. The molecule has 1 saturated heterocycles. The Labute approximate surface area is 136 Å². The lowest BCUT2D eigenvalue weighted by Crippen LogP contribution is -2.46. The summed E-state index contributed by atoms with van der Waals surface area (Å²) in [5.74, 6) is 0.651. The minimum absolute atomic E-state index is 0.0164. The van der Waals surface area contributed by atoms with Crippen molar-refractivity contribution in [3.8, 4) is 0 Å². The van der Waals surface area contributed by atoms with Crippen LogP contribution in [0.15, 0.2) is 17.6 Å². The number of hydrogen-bond acceptors (Lipinski definition) is 5. The van der Waals surface area contributed by atoms with Crippen molar-refractivity contribution in [3.05, 3.63) is 12.5 Å². The number of sulfonamides is 1. The summed E-state index contributed by atoms with van der Waals surface area (Å²) in [5.41, 5.74) is 0. The van der Waals surface area contributed by atoms with E-state index in [1.165, 1.54) is 19.2 Å². The number of rotatable bonds is 5. The van der Waals surface area contributed by atoms with E-state index in [0.717, 1.165) is 19.4 Å². The van der Waals surface area contributed by atoms with Crippen LogP contribution in [0.5, 0.6) is 0 Å². The van der Waals surface area contributed by atoms with Crippen LogP contribution in [-0.2, 0) is 26.5 Å². The normalized spacial score (nSPS) is 32.1. The molecule has 0 radical (unpaired) electrons. The van der Waals surface area contributed by atoms with E-state index < -0.39 is 10.0 Å². The molecule has 3 fully saturated rings. The van der Waals surface area contributed by atoms with Crippen LogP contribution in [0.25, 0.3) is 0 Å². The highest BCUT2D eigenvalue weighted by atomic mass is 32.2. The van der Waals surface area contributed by atoms with Crippen LogP contribution in [0, 0.1) is 5.92 Å². The molecule has 3 atom stereocenters. The van der Waals surface area contributed by atoms with Crippen molar-refractivity contribution in [2.75, 3.05) is 19.8 Å². The average molecular weight is 341 g/mol. The van der Waals surface area contributed by atoms with Gasteiger partial charge in [0.05, 0.1) is 25.1 Å². The van der Waals surface area contributed by atoms with Gasteiger partial charge < -0.3 is 14.0 Å². The molecule has 7 nitrogen and oxygen atoms in total. The summed E-state index contributed by atoms with van der Waals surface area (Å²) >= 11 is 0. The molecule has 1 aromatic rings. The van der Waals surface area contributed by atoms with Crippen molar-refractivity contribution in [2.45, 2.75) is 49.0 Å². The lowest BCUT2D eigenvalue weighted by atomic mass is 10.2. The highest BCUT2D eigenvalue weighted by Gasteiger charge is 2.48. The average Bonchev–Trinajstić information content (AvgIpc) is 3.13. The van der Waals surface area contributed by atoms with E-state index in [2.05, 4.69) is 4.98 Å². The molecule has 2 aliphatic carbocycles. The van der Waals surface area contributed by atoms with E-state index in [4.69, 9.17) is 9.47 Å². The van der Waals surface area contributed by atoms with E-state index in [-0.39, 0.29) is 23.3 Å². The fraction of sp³-hybridized carbons (Fsp3) is 0.800. The number of aryl methyl sites for hydroxylation is 1. The summed E-state index contributed by atoms with van der Waals surface area (Å²) in [6.45, 7) is 1.50. The second-order valence-electron chi connectivity index (χ2n) is 6.79. The van der Waals surface area contributed by atoms with Gasteiger partial charge in [-0.3, -0.25) is 0 Å². The first kappa shape index (κ1) is 15.6. The van der Waals surface area contributed by atoms with Gasteiger partial charge in [0.2, 0.25) is 0 Å². The second-order valence-corrected chi connectivity index (χ2v) is 8.63. The van der Waals surface area contributed by atoms with Gasteiger partial charge in [-0.05, 0) is 31.6 Å². The van der Waals surface area contributed by atoms with E-state index in [1.54, 1.807) is 22.1 Å². The van der Waals surface area contributed by atoms with Crippen molar-refractivity contribution in [3.63, 3.8) is 0 Å². The molecule has 2 heterocycles. The van der Waals surface area contributed by atoms with Gasteiger partial charge in [0.1, 0.15) is 6.10 Å². The summed E-state index contributed by atoms with van der Waals surface area (Å²) in [6, 6.07) is -0.145. The molecular weight excluding hydrogens is 318 g/mol. The smallest absolute Gasteiger partial charge is 0.262 e. The van der Waals surface area contributed by atoms with E-state index in [0.29, 0.717) is 19.1 Å². The largest absolute Gasteiger partial charge is 0.374 e. The molecule has 23 heavy (non-hydrogen) atoms. The fourth-order valence-electron chi connectivity index (χ4n) is 3.55. The minimum Gasteiger partial charge on any atom is -0.374 e. The zero-order valence-corrected chi connectivity index (χ0v) is 14.1. The Hall–Kier alpha value is -0.960. The molecule has 0 amide bonds. The highest BCUT2D eigenvalue weighted by molar-refractivity contribution is 7.89. The van der Waals surface area contributed by atoms with Gasteiger partial charge in [-0.15, -0.1) is 0 Å². The van der Waals surface area contributed by atoms with Gasteiger partial charge in [0.15, 0.2) is 5.03 Å². The van der Waals surface area contributed by atoms with Crippen molar-refractivity contribution in [2.24, 2.45) is 13.0 Å². The minimum atomic E-state index is -3.61. The molecule has 0 spiro atoms. The number of fused-ring (bicyclic) bond motifs is 2. The maximum atomic E-state index is 13.0. The predicted molar refractivity (Wildman–Crippen MR) is 82.3 cm³/mol. The van der Waals surface area contributed by atoms with E-state index in [1.807, 2.05) is 0 Å². The number of aromatic nitrogens is 2. The molecule has 3 unspecified atom stereocenters. The molecule has 0 N–H and O–H groups in total. The third-order valence-corrected chi connectivity index (χ3v) is 6.79. The van der Waals surface area contributed by atoms with Crippen LogP contribution in [0.1, 0.15) is 25.7 Å². The van der Waals surface area contributed by atoms with E-state index >= 15 is 0 Å². The first-order valence-electron chi connectivity index (χ1n) is 8.29. The second kappa shape index (κ2) is 5.84. The van der Waals surface area contributed by atoms with Crippen LogP contribution in [0.4, 0.5) is 0 Å². The first-order chi connectivity index (χ1) is 11.1. The summed E-state index contributed by atoms with van der Waals surface area (Å²) in [4.78, 5) is 4.04. The van der Waals surface area contributed by atoms with Crippen LogP contribution in [0.3, 0.4) is 0 Å². The molecule has 2 bridgehead atoms. The zero-order valence-electron chi connectivity index (χ0n) is 13.3. The molecule has 1 aromatic heterocycles. The molecule has 128 valence electrons. The predicted octanol–water partition coefficient (Wildman–Crippen LogP) is 0.767. The van der Waals surface area contributed by atoms with Crippen LogP contribution in [0.2, 0.25) is 0 Å². The Morgan fingerprint density at radius 1 is 1.35 bits per heavy atom. The topological polar surface area (TPSA) is 73.7 Å². The Balaban J connectivity index is 1.59.